The topological polar surface area (TPSA) is 29.5 Å². The maximum absolute atomic E-state index is 13.1. The molecule has 1 fully saturated rings. The van der Waals surface area contributed by atoms with Crippen LogP contribution in [0.1, 0.15) is 30.0 Å². The van der Waals surface area contributed by atoms with Crippen LogP contribution in [-0.4, -0.2) is 13.0 Å². The summed E-state index contributed by atoms with van der Waals surface area (Å²) in [4.78, 5) is 15.0. The molecule has 3 aromatic rings. The Morgan fingerprint density at radius 1 is 0.931 bits per heavy atom. The minimum atomic E-state index is 0.0157. The van der Waals surface area contributed by atoms with E-state index in [1.54, 1.807) is 7.11 Å². The van der Waals surface area contributed by atoms with Crippen molar-refractivity contribution in [1.29, 1.82) is 0 Å². The highest BCUT2D eigenvalue weighted by molar-refractivity contribution is 9.10. The Morgan fingerprint density at radius 2 is 1.62 bits per heavy atom. The Labute approximate surface area is 180 Å². The number of nitrogens with zero attached hydrogens (tertiary/aromatic N) is 1. The van der Waals surface area contributed by atoms with E-state index in [1.165, 1.54) is 11.1 Å². The third-order valence-electron chi connectivity index (χ3n) is 5.60. The number of aryl methyl sites for hydroxylation is 1. The molecule has 0 spiro atoms. The fraction of sp³-hybridized carbons (Fsp3) is 0.240. The molecule has 0 aromatic heterocycles. The number of carbonyl (C=O) groups is 1. The zero-order valence-electron chi connectivity index (χ0n) is 16.4. The number of amides is 1. The second kappa shape index (κ2) is 8.83. The molecule has 1 aliphatic rings. The van der Waals surface area contributed by atoms with Gasteiger partial charge in [-0.15, -0.1) is 0 Å². The number of hydrogen-bond donors (Lipinski definition) is 0. The van der Waals surface area contributed by atoms with Crippen LogP contribution in [0, 0.1) is 5.92 Å². The monoisotopic (exact) mass is 449 g/mol. The first-order chi connectivity index (χ1) is 14.2. The lowest BCUT2D eigenvalue weighted by Gasteiger charge is -2.47. The molecule has 29 heavy (non-hydrogen) atoms. The van der Waals surface area contributed by atoms with E-state index >= 15 is 0 Å². The van der Waals surface area contributed by atoms with E-state index in [0.717, 1.165) is 35.2 Å². The highest BCUT2D eigenvalue weighted by Gasteiger charge is 2.48. The number of methoxy groups -OCH3 is 1. The second-order valence-corrected chi connectivity index (χ2v) is 8.30. The van der Waals surface area contributed by atoms with E-state index in [1.807, 2.05) is 47.4 Å². The first kappa shape index (κ1) is 19.7. The molecule has 1 aliphatic heterocycles. The van der Waals surface area contributed by atoms with E-state index in [9.17, 15) is 4.79 Å². The molecule has 1 heterocycles. The summed E-state index contributed by atoms with van der Waals surface area (Å²) in [5.74, 6) is 1.01. The third kappa shape index (κ3) is 4.23. The summed E-state index contributed by atoms with van der Waals surface area (Å²) in [5, 5.41) is 0. The molecule has 0 saturated carbocycles. The van der Waals surface area contributed by atoms with Crippen molar-refractivity contribution in [3.8, 4) is 5.75 Å². The molecular weight excluding hydrogens is 426 g/mol. The van der Waals surface area contributed by atoms with Crippen molar-refractivity contribution in [2.24, 2.45) is 5.92 Å². The Bertz CT molecular complexity index is 954. The lowest BCUT2D eigenvalue weighted by Crippen LogP contribution is -2.55. The summed E-state index contributed by atoms with van der Waals surface area (Å²) >= 11 is 3.51. The number of anilines is 1. The van der Waals surface area contributed by atoms with E-state index in [4.69, 9.17) is 4.74 Å². The minimum absolute atomic E-state index is 0.0157. The minimum Gasteiger partial charge on any atom is -0.497 e. The van der Waals surface area contributed by atoms with E-state index in [2.05, 4.69) is 52.3 Å². The second-order valence-electron chi connectivity index (χ2n) is 7.39. The van der Waals surface area contributed by atoms with Crippen molar-refractivity contribution in [3.63, 3.8) is 0 Å². The molecule has 4 rings (SSSR count). The zero-order valence-corrected chi connectivity index (χ0v) is 18.0. The van der Waals surface area contributed by atoms with Crippen molar-refractivity contribution < 1.29 is 9.53 Å². The van der Waals surface area contributed by atoms with Gasteiger partial charge in [0, 0.05) is 10.2 Å². The summed E-state index contributed by atoms with van der Waals surface area (Å²) in [6, 6.07) is 26.6. The molecule has 3 nitrogen and oxygen atoms in total. The molecule has 0 N–H and O–H groups in total. The smallest absolute Gasteiger partial charge is 0.233 e. The number of carbonyl (C=O) groups excluding carboxylic acids is 1. The van der Waals surface area contributed by atoms with Gasteiger partial charge in [-0.1, -0.05) is 58.4 Å². The molecule has 0 radical (unpaired) electrons. The zero-order chi connectivity index (χ0) is 20.2. The van der Waals surface area contributed by atoms with Crippen LogP contribution in [0.3, 0.4) is 0 Å². The van der Waals surface area contributed by atoms with Crippen LogP contribution in [0.25, 0.3) is 0 Å². The van der Waals surface area contributed by atoms with Crippen molar-refractivity contribution in [2.75, 3.05) is 12.0 Å². The fourth-order valence-corrected chi connectivity index (χ4v) is 4.34. The number of rotatable bonds is 7. The number of hydrogen-bond acceptors (Lipinski definition) is 2. The van der Waals surface area contributed by atoms with Gasteiger partial charge in [0.1, 0.15) is 5.75 Å². The molecule has 1 amide bonds. The fourth-order valence-electron chi connectivity index (χ4n) is 4.07. The van der Waals surface area contributed by atoms with Crippen molar-refractivity contribution in [2.45, 2.75) is 25.3 Å². The average Bonchev–Trinajstić information content (AvgIpc) is 2.77. The molecule has 0 aliphatic carbocycles. The summed E-state index contributed by atoms with van der Waals surface area (Å²) < 4.78 is 6.30. The van der Waals surface area contributed by atoms with Crippen LogP contribution in [-0.2, 0) is 11.2 Å². The molecular formula is C25H24BrNO2. The van der Waals surface area contributed by atoms with Crippen molar-refractivity contribution in [1.82, 2.24) is 0 Å². The van der Waals surface area contributed by atoms with Crippen LogP contribution in [0.4, 0.5) is 5.69 Å². The van der Waals surface area contributed by atoms with Gasteiger partial charge < -0.3 is 9.64 Å². The van der Waals surface area contributed by atoms with Crippen molar-refractivity contribution >= 4 is 27.5 Å². The van der Waals surface area contributed by atoms with Gasteiger partial charge in [-0.2, -0.15) is 0 Å². The Kier molecular flexibility index (Phi) is 6.00. The molecule has 0 bridgehead atoms. The predicted molar refractivity (Wildman–Crippen MR) is 120 cm³/mol. The maximum Gasteiger partial charge on any atom is 0.233 e. The molecule has 1 saturated heterocycles. The van der Waals surface area contributed by atoms with Gasteiger partial charge in [0.15, 0.2) is 0 Å². The summed E-state index contributed by atoms with van der Waals surface area (Å²) in [5.41, 5.74) is 3.42. The molecule has 3 aromatic carbocycles. The van der Waals surface area contributed by atoms with Gasteiger partial charge in [-0.25, -0.2) is 0 Å². The van der Waals surface area contributed by atoms with Gasteiger partial charge in [0.05, 0.1) is 19.1 Å². The van der Waals surface area contributed by atoms with E-state index < -0.39 is 0 Å². The highest BCUT2D eigenvalue weighted by Crippen LogP contribution is 2.46. The van der Waals surface area contributed by atoms with Gasteiger partial charge in [-0.05, 0) is 66.8 Å². The average molecular weight is 450 g/mol. The van der Waals surface area contributed by atoms with E-state index in [-0.39, 0.29) is 17.9 Å². The number of benzene rings is 3. The maximum atomic E-state index is 13.1. The van der Waals surface area contributed by atoms with Crippen LogP contribution in [0.2, 0.25) is 0 Å². The van der Waals surface area contributed by atoms with Crippen LogP contribution in [0.15, 0.2) is 83.3 Å². The lowest BCUT2D eigenvalue weighted by molar-refractivity contribution is -0.130. The Morgan fingerprint density at radius 3 is 2.28 bits per heavy atom. The Balaban J connectivity index is 1.53. The SMILES string of the molecule is COc1ccc(N2C(=O)[C@@H](CCCc3ccccc3)[C@@H]2c2ccc(Br)cc2)cc1. The quantitative estimate of drug-likeness (QED) is 0.402. The predicted octanol–water partition coefficient (Wildman–Crippen LogP) is 6.18. The molecule has 4 heteroatoms. The van der Waals surface area contributed by atoms with Crippen LogP contribution in [0.5, 0.6) is 5.75 Å². The lowest BCUT2D eigenvalue weighted by atomic mass is 9.78. The number of β-lactam (4-membered cyclic amide) rings is 1. The number of halogens is 1. The highest BCUT2D eigenvalue weighted by atomic mass is 79.9. The summed E-state index contributed by atoms with van der Waals surface area (Å²) in [6.07, 6.45) is 2.89. The van der Waals surface area contributed by atoms with E-state index in [0.29, 0.717) is 0 Å². The van der Waals surface area contributed by atoms with Gasteiger partial charge in [0.25, 0.3) is 0 Å². The largest absolute Gasteiger partial charge is 0.497 e. The first-order valence-corrected chi connectivity index (χ1v) is 10.7. The third-order valence-corrected chi connectivity index (χ3v) is 6.13. The van der Waals surface area contributed by atoms with Gasteiger partial charge in [-0.3, -0.25) is 4.79 Å². The molecule has 2 atom stereocenters. The first-order valence-electron chi connectivity index (χ1n) is 9.94. The van der Waals surface area contributed by atoms with Gasteiger partial charge in [0.2, 0.25) is 5.91 Å². The standard InChI is InChI=1S/C25H24BrNO2/c1-29-22-16-14-21(15-17-22)27-24(19-10-12-20(26)13-11-19)23(25(27)28)9-5-8-18-6-3-2-4-7-18/h2-4,6-7,10-17,23-24H,5,8-9H2,1H3/t23-,24-/m0/s1. The Hall–Kier alpha value is -2.59. The van der Waals surface area contributed by atoms with Crippen LogP contribution < -0.4 is 9.64 Å². The number of ether oxygens (including phenoxy) is 1. The summed E-state index contributed by atoms with van der Waals surface area (Å²) in [6.45, 7) is 0. The van der Waals surface area contributed by atoms with Gasteiger partial charge >= 0.3 is 0 Å². The molecule has 0 unspecified atom stereocenters. The van der Waals surface area contributed by atoms with Crippen LogP contribution >= 0.6 is 15.9 Å². The van der Waals surface area contributed by atoms with Crippen molar-refractivity contribution in [3.05, 3.63) is 94.5 Å². The normalized spacial score (nSPS) is 18.4. The molecule has 148 valence electrons. The summed E-state index contributed by atoms with van der Waals surface area (Å²) in [7, 11) is 1.65.